The SMILES string of the molecule is COc1ccc(Cn2c(SCC(=O)Nc3c(C)n[nH]c3C)nc3ccccc3c2=O)cc1. The molecule has 0 spiro atoms. The summed E-state index contributed by atoms with van der Waals surface area (Å²) in [5, 5.41) is 10.9. The van der Waals surface area contributed by atoms with Gasteiger partial charge in [-0.05, 0) is 43.7 Å². The van der Waals surface area contributed by atoms with Crippen LogP contribution in [0.2, 0.25) is 0 Å². The second-order valence-corrected chi connectivity index (χ2v) is 8.24. The summed E-state index contributed by atoms with van der Waals surface area (Å²) in [6.07, 6.45) is 0. The van der Waals surface area contributed by atoms with E-state index in [2.05, 4.69) is 20.5 Å². The largest absolute Gasteiger partial charge is 0.497 e. The molecule has 0 fully saturated rings. The zero-order valence-electron chi connectivity index (χ0n) is 18.0. The van der Waals surface area contributed by atoms with Crippen LogP contribution in [0.1, 0.15) is 17.0 Å². The minimum absolute atomic E-state index is 0.109. The van der Waals surface area contributed by atoms with Crippen LogP contribution in [0.15, 0.2) is 58.5 Å². The zero-order chi connectivity index (χ0) is 22.7. The fraction of sp³-hybridized carbons (Fsp3) is 0.217. The summed E-state index contributed by atoms with van der Waals surface area (Å²) in [5.41, 5.74) is 3.59. The monoisotopic (exact) mass is 449 g/mol. The van der Waals surface area contributed by atoms with Gasteiger partial charge in [0.1, 0.15) is 5.75 Å². The van der Waals surface area contributed by atoms with Crippen LogP contribution in [0.4, 0.5) is 5.69 Å². The number of nitrogens with one attached hydrogen (secondary N) is 2. The van der Waals surface area contributed by atoms with E-state index in [1.54, 1.807) is 23.8 Å². The minimum atomic E-state index is -0.194. The van der Waals surface area contributed by atoms with E-state index < -0.39 is 0 Å². The molecule has 2 aromatic heterocycles. The molecule has 2 heterocycles. The first-order valence-corrected chi connectivity index (χ1v) is 11.0. The third-order valence-corrected chi connectivity index (χ3v) is 6.03. The zero-order valence-corrected chi connectivity index (χ0v) is 18.8. The predicted octanol–water partition coefficient (Wildman–Crippen LogP) is 3.52. The Labute approximate surface area is 189 Å². The Morgan fingerprint density at radius 1 is 1.16 bits per heavy atom. The minimum Gasteiger partial charge on any atom is -0.497 e. The lowest BCUT2D eigenvalue weighted by Gasteiger charge is -2.13. The van der Waals surface area contributed by atoms with E-state index in [9.17, 15) is 9.59 Å². The maximum atomic E-state index is 13.2. The molecule has 4 aromatic rings. The molecule has 9 heteroatoms. The van der Waals surface area contributed by atoms with Gasteiger partial charge in [0, 0.05) is 0 Å². The molecule has 1 amide bonds. The van der Waals surface area contributed by atoms with Crippen molar-refractivity contribution in [3.05, 3.63) is 75.8 Å². The van der Waals surface area contributed by atoms with Gasteiger partial charge >= 0.3 is 0 Å². The maximum Gasteiger partial charge on any atom is 0.262 e. The number of nitrogens with zero attached hydrogens (tertiary/aromatic N) is 3. The van der Waals surface area contributed by atoms with Crippen molar-refractivity contribution in [2.45, 2.75) is 25.5 Å². The quantitative estimate of drug-likeness (QED) is 0.331. The average Bonchev–Trinajstić information content (AvgIpc) is 3.12. The van der Waals surface area contributed by atoms with Gasteiger partial charge in [0.2, 0.25) is 5.91 Å². The molecule has 32 heavy (non-hydrogen) atoms. The summed E-state index contributed by atoms with van der Waals surface area (Å²) in [6.45, 7) is 4.01. The standard InChI is InChI=1S/C23H23N5O3S/c1-14-21(15(2)27-26-14)25-20(29)13-32-23-24-19-7-5-4-6-18(19)22(30)28(23)12-16-8-10-17(31-3)11-9-16/h4-11H,12-13H2,1-3H3,(H,25,29)(H,26,27). The van der Waals surface area contributed by atoms with Crippen LogP contribution < -0.4 is 15.6 Å². The third kappa shape index (κ3) is 4.52. The molecule has 0 saturated heterocycles. The molecular weight excluding hydrogens is 426 g/mol. The number of thioether (sulfide) groups is 1. The van der Waals surface area contributed by atoms with Crippen LogP contribution in [0.5, 0.6) is 5.75 Å². The van der Waals surface area contributed by atoms with Crippen molar-refractivity contribution < 1.29 is 9.53 Å². The van der Waals surface area contributed by atoms with Crippen molar-refractivity contribution in [2.75, 3.05) is 18.2 Å². The summed E-state index contributed by atoms with van der Waals surface area (Å²) in [7, 11) is 1.61. The molecule has 0 bridgehead atoms. The van der Waals surface area contributed by atoms with Gasteiger partial charge in [0.05, 0.1) is 47.4 Å². The molecule has 2 N–H and O–H groups in total. The number of rotatable bonds is 7. The average molecular weight is 450 g/mol. The second kappa shape index (κ2) is 9.27. The molecule has 0 aliphatic heterocycles. The van der Waals surface area contributed by atoms with Gasteiger partial charge in [-0.3, -0.25) is 19.3 Å². The number of amides is 1. The highest BCUT2D eigenvalue weighted by Crippen LogP contribution is 2.21. The van der Waals surface area contributed by atoms with Crippen molar-refractivity contribution in [1.82, 2.24) is 19.7 Å². The number of carbonyl (C=O) groups excluding carboxylic acids is 1. The van der Waals surface area contributed by atoms with E-state index in [0.29, 0.717) is 28.3 Å². The molecule has 2 aromatic carbocycles. The number of aromatic amines is 1. The van der Waals surface area contributed by atoms with Gasteiger partial charge in [-0.15, -0.1) is 0 Å². The van der Waals surface area contributed by atoms with Crippen LogP contribution in [0.25, 0.3) is 10.9 Å². The maximum absolute atomic E-state index is 13.2. The molecule has 0 aliphatic carbocycles. The number of anilines is 1. The lowest BCUT2D eigenvalue weighted by Crippen LogP contribution is -2.25. The molecule has 0 saturated carbocycles. The van der Waals surface area contributed by atoms with Crippen LogP contribution in [-0.4, -0.2) is 38.5 Å². The number of H-pyrrole nitrogens is 1. The topological polar surface area (TPSA) is 102 Å². The van der Waals surface area contributed by atoms with E-state index in [0.717, 1.165) is 22.7 Å². The first kappa shape index (κ1) is 21.6. The van der Waals surface area contributed by atoms with Gasteiger partial charge in [0.25, 0.3) is 5.56 Å². The highest BCUT2D eigenvalue weighted by molar-refractivity contribution is 7.99. The number of aryl methyl sites for hydroxylation is 2. The molecule has 0 unspecified atom stereocenters. The van der Waals surface area contributed by atoms with E-state index in [4.69, 9.17) is 4.74 Å². The molecule has 8 nitrogen and oxygen atoms in total. The molecule has 164 valence electrons. The fourth-order valence-electron chi connectivity index (χ4n) is 3.35. The molecule has 0 aliphatic rings. The van der Waals surface area contributed by atoms with Crippen molar-refractivity contribution >= 4 is 34.3 Å². The molecule has 0 radical (unpaired) electrons. The number of methoxy groups -OCH3 is 1. The Bertz CT molecular complexity index is 1310. The molecule has 4 rings (SSSR count). The highest BCUT2D eigenvalue weighted by atomic mass is 32.2. The summed E-state index contributed by atoms with van der Waals surface area (Å²) in [5.74, 6) is 0.659. The van der Waals surface area contributed by atoms with Gasteiger partial charge in [-0.2, -0.15) is 5.10 Å². The van der Waals surface area contributed by atoms with Gasteiger partial charge in [-0.1, -0.05) is 36.0 Å². The summed E-state index contributed by atoms with van der Waals surface area (Å²) >= 11 is 1.23. The lowest BCUT2D eigenvalue weighted by molar-refractivity contribution is -0.113. The number of para-hydroxylation sites is 1. The van der Waals surface area contributed by atoms with Crippen molar-refractivity contribution in [3.8, 4) is 5.75 Å². The van der Waals surface area contributed by atoms with Crippen LogP contribution in [0, 0.1) is 13.8 Å². The first-order chi connectivity index (χ1) is 15.5. The number of hydrogen-bond acceptors (Lipinski definition) is 6. The van der Waals surface area contributed by atoms with Crippen LogP contribution in [-0.2, 0) is 11.3 Å². The Hall–Kier alpha value is -3.59. The van der Waals surface area contributed by atoms with E-state index in [1.165, 1.54) is 11.8 Å². The molecule has 0 atom stereocenters. The lowest BCUT2D eigenvalue weighted by atomic mass is 10.2. The summed E-state index contributed by atoms with van der Waals surface area (Å²) in [4.78, 5) is 30.5. The van der Waals surface area contributed by atoms with Crippen LogP contribution in [0.3, 0.4) is 0 Å². The Morgan fingerprint density at radius 3 is 2.59 bits per heavy atom. The highest BCUT2D eigenvalue weighted by Gasteiger charge is 2.15. The summed E-state index contributed by atoms with van der Waals surface area (Å²) < 4.78 is 6.82. The normalized spacial score (nSPS) is 11.0. The van der Waals surface area contributed by atoms with Crippen molar-refractivity contribution in [3.63, 3.8) is 0 Å². The Kier molecular flexibility index (Phi) is 6.27. The third-order valence-electron chi connectivity index (χ3n) is 5.05. The van der Waals surface area contributed by atoms with Gasteiger partial charge in [0.15, 0.2) is 5.16 Å². The van der Waals surface area contributed by atoms with E-state index in [1.807, 2.05) is 50.2 Å². The van der Waals surface area contributed by atoms with E-state index >= 15 is 0 Å². The predicted molar refractivity (Wildman–Crippen MR) is 126 cm³/mol. The first-order valence-electron chi connectivity index (χ1n) is 10.0. The number of aromatic nitrogens is 4. The summed E-state index contributed by atoms with van der Waals surface area (Å²) in [6, 6.07) is 14.7. The van der Waals surface area contributed by atoms with Gasteiger partial charge < -0.3 is 10.1 Å². The number of ether oxygens (including phenoxy) is 1. The second-order valence-electron chi connectivity index (χ2n) is 7.30. The Balaban J connectivity index is 1.62. The van der Waals surface area contributed by atoms with Gasteiger partial charge in [-0.25, -0.2) is 4.98 Å². The van der Waals surface area contributed by atoms with Crippen molar-refractivity contribution in [2.24, 2.45) is 0 Å². The number of carbonyl (C=O) groups is 1. The smallest absolute Gasteiger partial charge is 0.262 e. The van der Waals surface area contributed by atoms with Crippen molar-refractivity contribution in [1.29, 1.82) is 0 Å². The number of benzene rings is 2. The Morgan fingerprint density at radius 2 is 1.91 bits per heavy atom. The number of fused-ring (bicyclic) bond motifs is 1. The van der Waals surface area contributed by atoms with E-state index in [-0.39, 0.29) is 17.2 Å². The molecular formula is C23H23N5O3S. The number of hydrogen-bond donors (Lipinski definition) is 2. The fourth-order valence-corrected chi connectivity index (χ4v) is 4.15. The van der Waals surface area contributed by atoms with Crippen LogP contribution >= 0.6 is 11.8 Å².